The van der Waals surface area contributed by atoms with Crippen molar-refractivity contribution in [2.75, 3.05) is 5.01 Å². The molecule has 7 nitrogen and oxygen atoms in total. The molecule has 200 valence electrons. The van der Waals surface area contributed by atoms with Crippen LogP contribution in [0.5, 0.6) is 0 Å². The number of nitrogens with one attached hydrogen (secondary N) is 2. The molecule has 1 aliphatic rings. The number of rotatable bonds is 9. The van der Waals surface area contributed by atoms with Crippen molar-refractivity contribution in [3.05, 3.63) is 54.1 Å². The predicted octanol–water partition coefficient (Wildman–Crippen LogP) is 6.33. The summed E-state index contributed by atoms with van der Waals surface area (Å²) in [5.41, 5.74) is 5.62. The molecule has 7 heteroatoms. The number of alkyl carbamates (subject to hydrolysis) is 1. The Hall–Kier alpha value is -3.35. The van der Waals surface area contributed by atoms with Gasteiger partial charge in [-0.2, -0.15) is 0 Å². The van der Waals surface area contributed by atoms with E-state index >= 15 is 0 Å². The topological polar surface area (TPSA) is 87.7 Å². The first-order chi connectivity index (χ1) is 17.5. The highest BCUT2D eigenvalue weighted by Crippen LogP contribution is 2.42. The standard InChI is InChI=1S/C30H41N3O4/c1-7-8-9-10-18-24-22-16-12-11-15-21(22)23-17-13-14-19-25(23)33(28(24)35)32-27(34)26(20(2)3)31-29(36)37-30(4,5)6/h11-17,19-20,24,26H,7-10,18H2,1-6H3,(H,31,36)(H,32,34)/t24?,26-/m0/s1. The van der Waals surface area contributed by atoms with Crippen LogP contribution in [0.1, 0.15) is 85.1 Å². The fourth-order valence-corrected chi connectivity index (χ4v) is 4.67. The molecular weight excluding hydrogens is 466 g/mol. The van der Waals surface area contributed by atoms with Crippen molar-refractivity contribution in [3.63, 3.8) is 0 Å². The van der Waals surface area contributed by atoms with Gasteiger partial charge >= 0.3 is 6.09 Å². The van der Waals surface area contributed by atoms with Crippen LogP contribution in [-0.4, -0.2) is 29.6 Å². The molecule has 0 fully saturated rings. The second kappa shape index (κ2) is 12.3. The zero-order valence-corrected chi connectivity index (χ0v) is 23.0. The van der Waals surface area contributed by atoms with Gasteiger partial charge in [-0.05, 0) is 50.3 Å². The highest BCUT2D eigenvalue weighted by Gasteiger charge is 2.36. The van der Waals surface area contributed by atoms with E-state index in [9.17, 15) is 14.4 Å². The van der Waals surface area contributed by atoms with Crippen molar-refractivity contribution in [2.24, 2.45) is 5.92 Å². The maximum absolute atomic E-state index is 14.1. The van der Waals surface area contributed by atoms with E-state index in [2.05, 4.69) is 17.7 Å². The number of anilines is 1. The number of benzene rings is 2. The molecule has 3 amide bonds. The normalized spacial score (nSPS) is 15.9. The lowest BCUT2D eigenvalue weighted by molar-refractivity contribution is -0.128. The molecule has 0 saturated carbocycles. The number of unbranched alkanes of at least 4 members (excludes halogenated alkanes) is 3. The Bertz CT molecular complexity index is 1110. The van der Waals surface area contributed by atoms with Crippen molar-refractivity contribution in [1.82, 2.24) is 10.7 Å². The number of hydrogen-bond donors (Lipinski definition) is 2. The van der Waals surface area contributed by atoms with Gasteiger partial charge in [-0.3, -0.25) is 15.0 Å². The van der Waals surface area contributed by atoms with Crippen molar-refractivity contribution < 1.29 is 19.1 Å². The first kappa shape index (κ1) is 28.2. The zero-order chi connectivity index (χ0) is 27.2. The Balaban J connectivity index is 1.95. The second-order valence-corrected chi connectivity index (χ2v) is 11.0. The molecule has 2 aromatic rings. The minimum Gasteiger partial charge on any atom is -0.444 e. The fraction of sp³-hybridized carbons (Fsp3) is 0.500. The molecular formula is C30H41N3O4. The van der Waals surface area contributed by atoms with Crippen LogP contribution in [0.4, 0.5) is 10.5 Å². The van der Waals surface area contributed by atoms with Crippen molar-refractivity contribution in [3.8, 4) is 11.1 Å². The number of carbonyl (C=O) groups is 3. The van der Waals surface area contributed by atoms with Gasteiger partial charge in [0.2, 0.25) is 0 Å². The lowest BCUT2D eigenvalue weighted by atomic mass is 9.87. The van der Waals surface area contributed by atoms with Gasteiger partial charge < -0.3 is 10.1 Å². The molecule has 2 aromatic carbocycles. The van der Waals surface area contributed by atoms with Crippen LogP contribution in [0.3, 0.4) is 0 Å². The lowest BCUT2D eigenvalue weighted by Gasteiger charge is -2.30. The molecule has 2 N–H and O–H groups in total. The summed E-state index contributed by atoms with van der Waals surface area (Å²) in [7, 11) is 0. The molecule has 0 aromatic heterocycles. The van der Waals surface area contributed by atoms with Crippen LogP contribution in [0.25, 0.3) is 11.1 Å². The summed E-state index contributed by atoms with van der Waals surface area (Å²) in [6.07, 6.45) is 4.23. The van der Waals surface area contributed by atoms with Crippen molar-refractivity contribution in [2.45, 2.75) is 91.2 Å². The van der Waals surface area contributed by atoms with Crippen molar-refractivity contribution >= 4 is 23.6 Å². The summed E-state index contributed by atoms with van der Waals surface area (Å²) in [6.45, 7) is 11.1. The lowest BCUT2D eigenvalue weighted by Crippen LogP contribution is -2.57. The minimum atomic E-state index is -0.886. The molecule has 1 unspecified atom stereocenters. The zero-order valence-electron chi connectivity index (χ0n) is 23.0. The van der Waals surface area contributed by atoms with E-state index in [0.717, 1.165) is 42.4 Å². The molecule has 0 aliphatic carbocycles. The third-order valence-corrected chi connectivity index (χ3v) is 6.48. The highest BCUT2D eigenvalue weighted by atomic mass is 16.6. The monoisotopic (exact) mass is 507 g/mol. The van der Waals surface area contributed by atoms with E-state index in [1.165, 1.54) is 5.01 Å². The Morgan fingerprint density at radius 3 is 2.27 bits per heavy atom. The number of hydrogen-bond acceptors (Lipinski definition) is 4. The van der Waals surface area contributed by atoms with Crippen LogP contribution in [0.2, 0.25) is 0 Å². The third-order valence-electron chi connectivity index (χ3n) is 6.48. The minimum absolute atomic E-state index is 0.179. The van der Waals surface area contributed by atoms with Gasteiger partial charge in [-0.1, -0.05) is 88.9 Å². The average molecular weight is 508 g/mol. The molecule has 0 radical (unpaired) electrons. The van der Waals surface area contributed by atoms with Crippen molar-refractivity contribution in [1.29, 1.82) is 0 Å². The average Bonchev–Trinajstić information content (AvgIpc) is 2.93. The highest BCUT2D eigenvalue weighted by molar-refractivity contribution is 6.07. The Labute approximate surface area is 220 Å². The summed E-state index contributed by atoms with van der Waals surface area (Å²) in [5.74, 6) is -1.27. The first-order valence-electron chi connectivity index (χ1n) is 13.4. The summed E-state index contributed by atoms with van der Waals surface area (Å²) in [5, 5.41) is 4.07. The number of hydrazine groups is 1. The molecule has 0 saturated heterocycles. The summed E-state index contributed by atoms with van der Waals surface area (Å²) in [6, 6.07) is 14.7. The van der Waals surface area contributed by atoms with E-state index in [1.807, 2.05) is 62.4 Å². The van der Waals surface area contributed by atoms with E-state index in [-0.39, 0.29) is 11.8 Å². The van der Waals surface area contributed by atoms with Gasteiger partial charge in [0.25, 0.3) is 11.8 Å². The third kappa shape index (κ3) is 7.12. The number of para-hydroxylation sites is 1. The van der Waals surface area contributed by atoms with E-state index in [1.54, 1.807) is 20.8 Å². The Kier molecular flexibility index (Phi) is 9.35. The number of nitrogens with zero attached hydrogens (tertiary/aromatic N) is 1. The number of fused-ring (bicyclic) bond motifs is 3. The summed E-state index contributed by atoms with van der Waals surface area (Å²) >= 11 is 0. The number of amides is 3. The number of ether oxygens (including phenoxy) is 1. The van der Waals surface area contributed by atoms with Gasteiger partial charge in [0.1, 0.15) is 11.6 Å². The van der Waals surface area contributed by atoms with Crippen LogP contribution in [0.15, 0.2) is 48.5 Å². The maximum atomic E-state index is 14.1. The van der Waals surface area contributed by atoms with Gasteiger partial charge in [0.05, 0.1) is 11.6 Å². The SMILES string of the molecule is CCCCCCC1C(=O)N(NC(=O)[C@@H](NC(=O)OC(C)(C)C)C(C)C)c2ccccc2-c2ccccc21. The first-order valence-corrected chi connectivity index (χ1v) is 13.4. The smallest absolute Gasteiger partial charge is 0.408 e. The van der Waals surface area contributed by atoms with Gasteiger partial charge in [0, 0.05) is 5.56 Å². The molecule has 37 heavy (non-hydrogen) atoms. The van der Waals surface area contributed by atoms with Gasteiger partial charge in [0.15, 0.2) is 0 Å². The van der Waals surface area contributed by atoms with Crippen LogP contribution in [0, 0.1) is 5.92 Å². The van der Waals surface area contributed by atoms with Crippen LogP contribution in [-0.2, 0) is 14.3 Å². The molecule has 0 spiro atoms. The van der Waals surface area contributed by atoms with E-state index in [4.69, 9.17) is 4.74 Å². The largest absolute Gasteiger partial charge is 0.444 e. The molecule has 3 rings (SSSR count). The van der Waals surface area contributed by atoms with Crippen LogP contribution >= 0.6 is 0 Å². The quantitative estimate of drug-likeness (QED) is 0.388. The van der Waals surface area contributed by atoms with Gasteiger partial charge in [-0.15, -0.1) is 0 Å². The number of carbonyl (C=O) groups excluding carboxylic acids is 3. The molecule has 0 bridgehead atoms. The Morgan fingerprint density at radius 1 is 0.973 bits per heavy atom. The van der Waals surface area contributed by atoms with Gasteiger partial charge in [-0.25, -0.2) is 9.80 Å². The van der Waals surface area contributed by atoms with Crippen LogP contribution < -0.4 is 15.8 Å². The predicted molar refractivity (Wildman–Crippen MR) is 147 cm³/mol. The summed E-state index contributed by atoms with van der Waals surface area (Å²) in [4.78, 5) is 40.1. The van der Waals surface area contributed by atoms with E-state index in [0.29, 0.717) is 12.1 Å². The fourth-order valence-electron chi connectivity index (χ4n) is 4.67. The molecule has 2 atom stereocenters. The van der Waals surface area contributed by atoms with E-state index < -0.39 is 29.6 Å². The molecule has 1 aliphatic heterocycles. The molecule has 1 heterocycles. The second-order valence-electron chi connectivity index (χ2n) is 11.0. The maximum Gasteiger partial charge on any atom is 0.408 e. The Morgan fingerprint density at radius 2 is 1.62 bits per heavy atom. The summed E-state index contributed by atoms with van der Waals surface area (Å²) < 4.78 is 5.37.